The van der Waals surface area contributed by atoms with Crippen LogP contribution in [0.1, 0.15) is 12.6 Å². The van der Waals surface area contributed by atoms with Gasteiger partial charge in [0.1, 0.15) is 10.8 Å². The van der Waals surface area contributed by atoms with Crippen LogP contribution in [0.3, 0.4) is 0 Å². The summed E-state index contributed by atoms with van der Waals surface area (Å²) in [7, 11) is 0. The number of carbonyl (C=O) groups excluding carboxylic acids is 1. The number of rotatable bonds is 4. The summed E-state index contributed by atoms with van der Waals surface area (Å²) in [5, 5.41) is 5.45. The van der Waals surface area contributed by atoms with Gasteiger partial charge in [0.05, 0.1) is 5.69 Å². The molecule has 0 aliphatic heterocycles. The zero-order valence-corrected chi connectivity index (χ0v) is 10.8. The average Bonchev–Trinajstić information content (AvgIpc) is 2.77. The van der Waals surface area contributed by atoms with E-state index in [9.17, 15) is 9.18 Å². The summed E-state index contributed by atoms with van der Waals surface area (Å²) in [6.07, 6.45) is 0.686. The summed E-state index contributed by atoms with van der Waals surface area (Å²) in [5.41, 5.74) is 1.69. The molecule has 1 aromatic carbocycles. The first kappa shape index (κ1) is 12.7. The molecule has 0 bridgehead atoms. The highest BCUT2D eigenvalue weighted by molar-refractivity contribution is 7.13. The number of hydrogen-bond donors (Lipinski definition) is 1. The summed E-state index contributed by atoms with van der Waals surface area (Å²) in [6, 6.07) is 6.38. The number of carbonyl (C=O) groups is 1. The second-order valence-electron chi connectivity index (χ2n) is 3.89. The van der Waals surface area contributed by atoms with Crippen molar-refractivity contribution < 1.29 is 9.18 Å². The Labute approximate surface area is 109 Å². The summed E-state index contributed by atoms with van der Waals surface area (Å²) < 4.78 is 13.1. The van der Waals surface area contributed by atoms with E-state index in [2.05, 4.69) is 10.3 Å². The van der Waals surface area contributed by atoms with Gasteiger partial charge in [0, 0.05) is 30.8 Å². The Morgan fingerprint density at radius 1 is 1.50 bits per heavy atom. The van der Waals surface area contributed by atoms with Gasteiger partial charge in [-0.2, -0.15) is 0 Å². The van der Waals surface area contributed by atoms with Gasteiger partial charge in [-0.1, -0.05) is 12.1 Å². The van der Waals surface area contributed by atoms with Crippen molar-refractivity contribution in [3.05, 3.63) is 41.2 Å². The third-order valence-corrected chi connectivity index (χ3v) is 3.32. The van der Waals surface area contributed by atoms with E-state index < -0.39 is 0 Å². The molecule has 0 spiro atoms. The number of thiazole rings is 1. The van der Waals surface area contributed by atoms with Gasteiger partial charge in [-0.05, 0) is 12.1 Å². The van der Waals surface area contributed by atoms with Crippen LogP contribution < -0.4 is 5.32 Å². The lowest BCUT2D eigenvalue weighted by Crippen LogP contribution is -2.22. The fourth-order valence-corrected chi connectivity index (χ4v) is 2.39. The third-order valence-electron chi connectivity index (χ3n) is 2.38. The maximum Gasteiger partial charge on any atom is 0.216 e. The molecular weight excluding hydrogens is 251 g/mol. The minimum absolute atomic E-state index is 0.0458. The highest BCUT2D eigenvalue weighted by Gasteiger charge is 2.05. The van der Waals surface area contributed by atoms with Crippen LogP contribution in [-0.4, -0.2) is 17.4 Å². The minimum Gasteiger partial charge on any atom is -0.356 e. The molecule has 0 atom stereocenters. The van der Waals surface area contributed by atoms with Crippen LogP contribution in [-0.2, 0) is 11.2 Å². The van der Waals surface area contributed by atoms with E-state index >= 15 is 0 Å². The molecule has 94 valence electrons. The smallest absolute Gasteiger partial charge is 0.216 e. The van der Waals surface area contributed by atoms with Crippen LogP contribution in [0.5, 0.6) is 0 Å². The quantitative estimate of drug-likeness (QED) is 0.922. The lowest BCUT2D eigenvalue weighted by atomic mass is 10.2. The predicted molar refractivity (Wildman–Crippen MR) is 69.9 cm³/mol. The number of hydrogen-bond acceptors (Lipinski definition) is 3. The molecule has 0 saturated heterocycles. The highest BCUT2D eigenvalue weighted by atomic mass is 32.1. The standard InChI is InChI=1S/C13H13FN2OS/c1-9(17)15-6-5-12-8-18-13(16-12)10-3-2-4-11(14)7-10/h2-4,7-8H,5-6H2,1H3,(H,15,17). The summed E-state index contributed by atoms with van der Waals surface area (Å²) in [5.74, 6) is -0.307. The number of amides is 1. The number of nitrogens with zero attached hydrogens (tertiary/aromatic N) is 1. The molecule has 1 aromatic heterocycles. The zero-order valence-electron chi connectivity index (χ0n) is 9.94. The van der Waals surface area contributed by atoms with Crippen molar-refractivity contribution >= 4 is 17.2 Å². The van der Waals surface area contributed by atoms with Gasteiger partial charge in [0.25, 0.3) is 0 Å². The normalized spacial score (nSPS) is 10.3. The Bertz CT molecular complexity index is 553. The maximum absolute atomic E-state index is 13.1. The van der Waals surface area contributed by atoms with E-state index in [1.54, 1.807) is 6.07 Å². The van der Waals surface area contributed by atoms with Gasteiger partial charge in [-0.15, -0.1) is 11.3 Å². The minimum atomic E-state index is -0.262. The Morgan fingerprint density at radius 3 is 3.06 bits per heavy atom. The van der Waals surface area contributed by atoms with E-state index in [-0.39, 0.29) is 11.7 Å². The van der Waals surface area contributed by atoms with Crippen molar-refractivity contribution in [2.24, 2.45) is 0 Å². The highest BCUT2D eigenvalue weighted by Crippen LogP contribution is 2.24. The monoisotopic (exact) mass is 264 g/mol. The third kappa shape index (κ3) is 3.37. The molecule has 0 unspecified atom stereocenters. The molecule has 2 rings (SSSR count). The van der Waals surface area contributed by atoms with E-state index in [0.717, 1.165) is 16.3 Å². The van der Waals surface area contributed by atoms with Crippen LogP contribution >= 0.6 is 11.3 Å². The lowest BCUT2D eigenvalue weighted by molar-refractivity contribution is -0.118. The molecule has 18 heavy (non-hydrogen) atoms. The van der Waals surface area contributed by atoms with Gasteiger partial charge < -0.3 is 5.32 Å². The maximum atomic E-state index is 13.1. The van der Waals surface area contributed by atoms with Crippen LogP contribution in [0.4, 0.5) is 4.39 Å². The van der Waals surface area contributed by atoms with Gasteiger partial charge in [0.15, 0.2) is 0 Å². The topological polar surface area (TPSA) is 42.0 Å². The number of nitrogens with one attached hydrogen (secondary N) is 1. The molecular formula is C13H13FN2OS. The molecule has 0 fully saturated rings. The van der Waals surface area contributed by atoms with Crippen molar-refractivity contribution in [2.45, 2.75) is 13.3 Å². The van der Waals surface area contributed by atoms with Crippen LogP contribution in [0.2, 0.25) is 0 Å². The first-order valence-corrected chi connectivity index (χ1v) is 6.48. The molecule has 0 radical (unpaired) electrons. The molecule has 0 aliphatic rings. The fourth-order valence-electron chi connectivity index (χ4n) is 1.54. The predicted octanol–water partition coefficient (Wildman–Crippen LogP) is 2.63. The van der Waals surface area contributed by atoms with Crippen molar-refractivity contribution in [3.8, 4) is 10.6 Å². The second kappa shape index (κ2) is 5.73. The van der Waals surface area contributed by atoms with Gasteiger partial charge in [-0.3, -0.25) is 4.79 Å². The Kier molecular flexibility index (Phi) is 4.04. The molecule has 1 heterocycles. The van der Waals surface area contributed by atoms with E-state index in [0.29, 0.717) is 13.0 Å². The molecule has 1 N–H and O–H groups in total. The van der Waals surface area contributed by atoms with Crippen molar-refractivity contribution in [1.29, 1.82) is 0 Å². The van der Waals surface area contributed by atoms with E-state index in [4.69, 9.17) is 0 Å². The van der Waals surface area contributed by atoms with Crippen LogP contribution in [0.25, 0.3) is 10.6 Å². The Hall–Kier alpha value is -1.75. The Morgan fingerprint density at radius 2 is 2.33 bits per heavy atom. The average molecular weight is 264 g/mol. The van der Waals surface area contributed by atoms with Crippen molar-refractivity contribution in [1.82, 2.24) is 10.3 Å². The zero-order chi connectivity index (χ0) is 13.0. The number of halogens is 1. The molecule has 3 nitrogen and oxygen atoms in total. The molecule has 1 amide bonds. The number of benzene rings is 1. The van der Waals surface area contributed by atoms with E-state index in [1.807, 2.05) is 11.4 Å². The van der Waals surface area contributed by atoms with Crippen LogP contribution in [0.15, 0.2) is 29.6 Å². The largest absolute Gasteiger partial charge is 0.356 e. The second-order valence-corrected chi connectivity index (χ2v) is 4.75. The lowest BCUT2D eigenvalue weighted by Gasteiger charge is -1.98. The first-order valence-electron chi connectivity index (χ1n) is 5.60. The molecule has 2 aromatic rings. The summed E-state index contributed by atoms with van der Waals surface area (Å²) in [6.45, 7) is 2.06. The molecule has 5 heteroatoms. The van der Waals surface area contributed by atoms with Gasteiger partial charge in [0.2, 0.25) is 5.91 Å². The first-order chi connectivity index (χ1) is 8.65. The summed E-state index contributed by atoms with van der Waals surface area (Å²) in [4.78, 5) is 15.1. The SMILES string of the molecule is CC(=O)NCCc1csc(-c2cccc(F)c2)n1. The summed E-state index contributed by atoms with van der Waals surface area (Å²) >= 11 is 1.48. The number of aromatic nitrogens is 1. The van der Waals surface area contributed by atoms with E-state index in [1.165, 1.54) is 30.4 Å². The van der Waals surface area contributed by atoms with Crippen molar-refractivity contribution in [2.75, 3.05) is 6.54 Å². The van der Waals surface area contributed by atoms with Gasteiger partial charge >= 0.3 is 0 Å². The Balaban J connectivity index is 2.04. The van der Waals surface area contributed by atoms with Crippen LogP contribution in [0, 0.1) is 5.82 Å². The molecule has 0 aliphatic carbocycles. The fraction of sp³-hybridized carbons (Fsp3) is 0.231. The van der Waals surface area contributed by atoms with Crippen molar-refractivity contribution in [3.63, 3.8) is 0 Å². The van der Waals surface area contributed by atoms with Gasteiger partial charge in [-0.25, -0.2) is 9.37 Å². The molecule has 0 saturated carbocycles.